The second kappa shape index (κ2) is 8.03. The molecular weight excluding hydrogens is 372 g/mol. The smallest absolute Gasteiger partial charge is 0.0985 e. The van der Waals surface area contributed by atoms with Crippen molar-refractivity contribution in [3.63, 3.8) is 0 Å². The summed E-state index contributed by atoms with van der Waals surface area (Å²) >= 11 is 0. The van der Waals surface area contributed by atoms with E-state index >= 15 is 0 Å². The van der Waals surface area contributed by atoms with E-state index in [0.29, 0.717) is 29.6 Å². The lowest BCUT2D eigenvalue weighted by molar-refractivity contribution is -0.264. The maximum absolute atomic E-state index is 11.6. The molecule has 10 atom stereocenters. The van der Waals surface area contributed by atoms with Gasteiger partial charge in [0.15, 0.2) is 0 Å². The van der Waals surface area contributed by atoms with E-state index in [4.69, 9.17) is 0 Å². The molecule has 0 spiro atoms. The average Bonchev–Trinajstić information content (AvgIpc) is 3.01. The number of rotatable bonds is 5. The van der Waals surface area contributed by atoms with Gasteiger partial charge in [-0.3, -0.25) is 0 Å². The molecule has 0 bridgehead atoms. The first kappa shape index (κ1) is 23.1. The van der Waals surface area contributed by atoms with Gasteiger partial charge in [-0.2, -0.15) is 0 Å². The summed E-state index contributed by atoms with van der Waals surface area (Å²) in [6.07, 6.45) is 10.7. The third-order valence-corrected chi connectivity index (χ3v) is 11.0. The molecule has 4 saturated carbocycles. The van der Waals surface area contributed by atoms with E-state index in [0.717, 1.165) is 37.0 Å². The van der Waals surface area contributed by atoms with Crippen LogP contribution in [0, 0.1) is 46.3 Å². The van der Waals surface area contributed by atoms with Gasteiger partial charge in [0, 0.05) is 11.8 Å². The van der Waals surface area contributed by atoms with Gasteiger partial charge in [-0.25, -0.2) is 0 Å². The molecule has 4 rings (SSSR count). The lowest BCUT2D eigenvalue weighted by Gasteiger charge is -2.65. The predicted octanol–water partition coefficient (Wildman–Crippen LogP) is 5.55. The summed E-state index contributed by atoms with van der Waals surface area (Å²) in [5, 5.41) is 33.0. The fourth-order valence-corrected chi connectivity index (χ4v) is 9.29. The standard InChI is InChI=1S/C27H48O3/c1-17(2)7-6-8-18(3)21-9-10-22-20-15-24(29)27(30)16-19(28)11-14-26(27,5)23(20)12-13-25(21,22)4/h17-24,28-30H,6-16H2,1-5H3/t18-,19+,20?,21-,22+,23+,24-,25-,26-,27+/m1/s1. The fourth-order valence-electron chi connectivity index (χ4n) is 9.29. The molecule has 174 valence electrons. The quantitative estimate of drug-likeness (QED) is 0.546. The van der Waals surface area contributed by atoms with Gasteiger partial charge >= 0.3 is 0 Å². The number of aliphatic hydroxyl groups excluding tert-OH is 2. The lowest BCUT2D eigenvalue weighted by Crippen LogP contribution is -2.68. The van der Waals surface area contributed by atoms with Crippen LogP contribution < -0.4 is 0 Å². The van der Waals surface area contributed by atoms with Crippen LogP contribution in [0.2, 0.25) is 0 Å². The lowest BCUT2D eigenvalue weighted by atomic mass is 9.42. The number of fused-ring (bicyclic) bond motifs is 5. The Labute approximate surface area is 185 Å². The molecule has 0 amide bonds. The van der Waals surface area contributed by atoms with Gasteiger partial charge in [-0.15, -0.1) is 0 Å². The van der Waals surface area contributed by atoms with Crippen LogP contribution >= 0.6 is 0 Å². The molecule has 3 heteroatoms. The minimum absolute atomic E-state index is 0.253. The number of hydrogen-bond donors (Lipinski definition) is 3. The van der Waals surface area contributed by atoms with Crippen LogP contribution in [0.1, 0.15) is 105 Å². The van der Waals surface area contributed by atoms with E-state index in [-0.39, 0.29) is 5.41 Å². The highest BCUT2D eigenvalue weighted by molar-refractivity contribution is 5.17. The molecule has 4 aliphatic rings. The Balaban J connectivity index is 1.53. The van der Waals surface area contributed by atoms with Gasteiger partial charge in [0.1, 0.15) is 0 Å². The first-order valence-electron chi connectivity index (χ1n) is 13.1. The van der Waals surface area contributed by atoms with Gasteiger partial charge in [0.25, 0.3) is 0 Å². The fraction of sp³-hybridized carbons (Fsp3) is 1.00. The Bertz CT molecular complexity index is 619. The molecule has 0 aliphatic heterocycles. The van der Waals surface area contributed by atoms with Gasteiger partial charge in [0.05, 0.1) is 17.8 Å². The summed E-state index contributed by atoms with van der Waals surface area (Å²) < 4.78 is 0. The van der Waals surface area contributed by atoms with Crippen molar-refractivity contribution < 1.29 is 15.3 Å². The largest absolute Gasteiger partial charge is 0.393 e. The highest BCUT2D eigenvalue weighted by Crippen LogP contribution is 2.69. The summed E-state index contributed by atoms with van der Waals surface area (Å²) in [7, 11) is 0. The van der Waals surface area contributed by atoms with Gasteiger partial charge in [0.2, 0.25) is 0 Å². The first-order chi connectivity index (χ1) is 14.0. The van der Waals surface area contributed by atoms with Crippen LogP contribution in [-0.4, -0.2) is 33.1 Å². The Morgan fingerprint density at radius 2 is 1.63 bits per heavy atom. The maximum atomic E-state index is 11.6. The first-order valence-corrected chi connectivity index (χ1v) is 13.1. The Hall–Kier alpha value is -0.120. The molecule has 0 aromatic carbocycles. The molecule has 4 aliphatic carbocycles. The molecule has 0 aromatic heterocycles. The number of aliphatic hydroxyl groups is 3. The second-order valence-corrected chi connectivity index (χ2v) is 12.9. The highest BCUT2D eigenvalue weighted by Gasteiger charge is 2.67. The van der Waals surface area contributed by atoms with E-state index in [1.807, 2.05) is 0 Å². The molecule has 3 N–H and O–H groups in total. The van der Waals surface area contributed by atoms with E-state index in [9.17, 15) is 15.3 Å². The molecular formula is C27H48O3. The topological polar surface area (TPSA) is 60.7 Å². The summed E-state index contributed by atoms with van der Waals surface area (Å²) in [5.41, 5.74) is -0.962. The van der Waals surface area contributed by atoms with Crippen molar-refractivity contribution in [2.24, 2.45) is 46.3 Å². The zero-order valence-electron chi connectivity index (χ0n) is 20.2. The Morgan fingerprint density at radius 1 is 0.900 bits per heavy atom. The Morgan fingerprint density at radius 3 is 2.33 bits per heavy atom. The molecule has 0 saturated heterocycles. The van der Waals surface area contributed by atoms with Crippen molar-refractivity contribution in [3.05, 3.63) is 0 Å². The summed E-state index contributed by atoms with van der Waals surface area (Å²) in [4.78, 5) is 0. The van der Waals surface area contributed by atoms with Crippen molar-refractivity contribution in [3.8, 4) is 0 Å². The highest BCUT2D eigenvalue weighted by atomic mass is 16.3. The summed E-state index contributed by atoms with van der Waals surface area (Å²) in [6.45, 7) is 12.0. The molecule has 0 heterocycles. The third kappa shape index (κ3) is 3.41. The van der Waals surface area contributed by atoms with Crippen molar-refractivity contribution in [1.29, 1.82) is 0 Å². The average molecular weight is 421 g/mol. The molecule has 30 heavy (non-hydrogen) atoms. The van der Waals surface area contributed by atoms with E-state index in [2.05, 4.69) is 34.6 Å². The predicted molar refractivity (Wildman–Crippen MR) is 122 cm³/mol. The molecule has 1 unspecified atom stereocenters. The van der Waals surface area contributed by atoms with Crippen LogP contribution in [0.5, 0.6) is 0 Å². The Kier molecular flexibility index (Phi) is 6.17. The van der Waals surface area contributed by atoms with E-state index in [1.54, 1.807) is 0 Å². The zero-order chi connectivity index (χ0) is 21.9. The van der Waals surface area contributed by atoms with Crippen LogP contribution in [0.3, 0.4) is 0 Å². The molecule has 4 fully saturated rings. The van der Waals surface area contributed by atoms with Crippen molar-refractivity contribution in [1.82, 2.24) is 0 Å². The monoisotopic (exact) mass is 420 g/mol. The molecule has 3 nitrogen and oxygen atoms in total. The molecule has 0 aromatic rings. The normalized spacial score (nSPS) is 51.9. The van der Waals surface area contributed by atoms with Crippen LogP contribution in [0.4, 0.5) is 0 Å². The van der Waals surface area contributed by atoms with Crippen molar-refractivity contribution in [2.75, 3.05) is 0 Å². The zero-order valence-corrected chi connectivity index (χ0v) is 20.2. The van der Waals surface area contributed by atoms with Crippen LogP contribution in [-0.2, 0) is 0 Å². The van der Waals surface area contributed by atoms with E-state index in [1.165, 1.54) is 44.9 Å². The SMILES string of the molecule is CC(C)CCC[C@@H](C)[C@H]1CC[C@H]2C3C[C@@H](O)[C@@]4(O)C[C@@H](O)CC[C@]4(C)[C@H]3CC[C@]12C. The van der Waals surface area contributed by atoms with E-state index < -0.39 is 17.8 Å². The van der Waals surface area contributed by atoms with Crippen molar-refractivity contribution >= 4 is 0 Å². The van der Waals surface area contributed by atoms with Crippen molar-refractivity contribution in [2.45, 2.75) is 123 Å². The summed E-state index contributed by atoms with van der Waals surface area (Å²) in [6, 6.07) is 0. The van der Waals surface area contributed by atoms with Gasteiger partial charge in [-0.05, 0) is 85.9 Å². The second-order valence-electron chi connectivity index (χ2n) is 12.9. The van der Waals surface area contributed by atoms with Gasteiger partial charge < -0.3 is 15.3 Å². The molecule has 0 radical (unpaired) electrons. The van der Waals surface area contributed by atoms with Crippen LogP contribution in [0.25, 0.3) is 0 Å². The van der Waals surface area contributed by atoms with Crippen LogP contribution in [0.15, 0.2) is 0 Å². The number of hydrogen-bond acceptors (Lipinski definition) is 3. The third-order valence-electron chi connectivity index (χ3n) is 11.0. The minimum atomic E-state index is -1.11. The van der Waals surface area contributed by atoms with Gasteiger partial charge in [-0.1, -0.05) is 53.9 Å². The maximum Gasteiger partial charge on any atom is 0.0985 e. The minimum Gasteiger partial charge on any atom is -0.393 e. The summed E-state index contributed by atoms with van der Waals surface area (Å²) in [5.74, 6) is 4.13.